The number of carbonyl (C=O) groups is 1. The van der Waals surface area contributed by atoms with Gasteiger partial charge in [0.2, 0.25) is 0 Å². The molecule has 0 radical (unpaired) electrons. The van der Waals surface area contributed by atoms with Crippen LogP contribution in [0.25, 0.3) is 10.6 Å². The Morgan fingerprint density at radius 3 is 2.43 bits per heavy atom. The fourth-order valence-corrected chi connectivity index (χ4v) is 4.12. The number of hydrogen-bond donors (Lipinski definition) is 1. The molecule has 2 aromatic carbocycles. The molecule has 1 heterocycles. The Labute approximate surface area is 171 Å². The average Bonchev–Trinajstić information content (AvgIpc) is 3.02. The number of anilines is 1. The Hall–Kier alpha value is -2.50. The number of likely N-dealkylation sites (N-methyl/N-ethyl adjacent to an activating group) is 1. The molecule has 5 heteroatoms. The zero-order valence-electron chi connectivity index (χ0n) is 17.2. The van der Waals surface area contributed by atoms with E-state index in [0.717, 1.165) is 34.9 Å². The number of nitrogens with zero attached hydrogens (tertiary/aromatic N) is 2. The van der Waals surface area contributed by atoms with Gasteiger partial charge in [0.05, 0.1) is 5.69 Å². The van der Waals surface area contributed by atoms with Gasteiger partial charge in [-0.3, -0.25) is 4.79 Å². The van der Waals surface area contributed by atoms with Gasteiger partial charge in [0.15, 0.2) is 0 Å². The normalized spacial score (nSPS) is 11.1. The molecule has 3 rings (SSSR count). The van der Waals surface area contributed by atoms with E-state index >= 15 is 0 Å². The van der Waals surface area contributed by atoms with E-state index in [1.165, 1.54) is 28.0 Å². The minimum atomic E-state index is -0.105. The maximum atomic E-state index is 12.8. The number of benzene rings is 2. The van der Waals surface area contributed by atoms with Gasteiger partial charge in [-0.2, -0.15) is 0 Å². The van der Waals surface area contributed by atoms with Crippen molar-refractivity contribution >= 4 is 22.9 Å². The van der Waals surface area contributed by atoms with E-state index in [1.807, 2.05) is 19.1 Å². The first-order chi connectivity index (χ1) is 13.3. The Balaban J connectivity index is 1.73. The van der Waals surface area contributed by atoms with Crippen LogP contribution in [0.4, 0.5) is 5.69 Å². The highest BCUT2D eigenvalue weighted by atomic mass is 32.1. The molecule has 0 aliphatic carbocycles. The van der Waals surface area contributed by atoms with E-state index in [1.54, 1.807) is 0 Å². The molecule has 0 atom stereocenters. The first-order valence-corrected chi connectivity index (χ1v) is 10.2. The number of nitrogens with one attached hydrogen (secondary N) is 1. The first kappa shape index (κ1) is 20.2. The predicted molar refractivity (Wildman–Crippen MR) is 118 cm³/mol. The zero-order chi connectivity index (χ0) is 20.3. The van der Waals surface area contributed by atoms with E-state index in [2.05, 4.69) is 73.5 Å². The van der Waals surface area contributed by atoms with Crippen molar-refractivity contribution in [3.8, 4) is 10.6 Å². The van der Waals surface area contributed by atoms with E-state index in [-0.39, 0.29) is 5.91 Å². The van der Waals surface area contributed by atoms with Gasteiger partial charge in [-0.15, -0.1) is 11.3 Å². The lowest BCUT2D eigenvalue weighted by Crippen LogP contribution is -2.15. The fraction of sp³-hybridized carbons (Fsp3) is 0.304. The molecule has 0 aliphatic rings. The van der Waals surface area contributed by atoms with Crippen LogP contribution in [0.5, 0.6) is 0 Å². The van der Waals surface area contributed by atoms with Gasteiger partial charge >= 0.3 is 0 Å². The van der Waals surface area contributed by atoms with Crippen LogP contribution in [0.3, 0.4) is 0 Å². The molecule has 0 spiro atoms. The van der Waals surface area contributed by atoms with Gasteiger partial charge in [-0.05, 0) is 64.5 Å². The molecule has 0 fully saturated rings. The van der Waals surface area contributed by atoms with Crippen molar-refractivity contribution in [2.45, 2.75) is 27.2 Å². The number of thiazole rings is 1. The van der Waals surface area contributed by atoms with Gasteiger partial charge in [-0.25, -0.2) is 4.98 Å². The van der Waals surface area contributed by atoms with Crippen LogP contribution < -0.4 is 5.32 Å². The maximum absolute atomic E-state index is 12.8. The second-order valence-corrected chi connectivity index (χ2v) is 8.46. The molecule has 1 amide bonds. The van der Waals surface area contributed by atoms with Crippen molar-refractivity contribution in [3.63, 3.8) is 0 Å². The van der Waals surface area contributed by atoms with E-state index < -0.39 is 0 Å². The van der Waals surface area contributed by atoms with Crippen LogP contribution in [0.15, 0.2) is 42.5 Å². The van der Waals surface area contributed by atoms with E-state index in [9.17, 15) is 4.79 Å². The lowest BCUT2D eigenvalue weighted by molar-refractivity contribution is 0.103. The van der Waals surface area contributed by atoms with Crippen molar-refractivity contribution in [2.75, 3.05) is 26.0 Å². The summed E-state index contributed by atoms with van der Waals surface area (Å²) in [4.78, 5) is 20.2. The topological polar surface area (TPSA) is 45.2 Å². The quantitative estimate of drug-likeness (QED) is 0.634. The standard InChI is InChI=1S/C23H27N3OS/c1-15-6-11-20(16(2)14-15)23-24-17(3)21(28-23)22(27)25-19-9-7-18(8-10-19)12-13-26(4)5/h6-11,14H,12-13H2,1-5H3,(H,25,27). The number of aryl methyl sites for hydroxylation is 3. The summed E-state index contributed by atoms with van der Waals surface area (Å²) in [5, 5.41) is 3.89. The molecule has 0 unspecified atom stereocenters. The molecule has 1 aromatic heterocycles. The SMILES string of the molecule is Cc1ccc(-c2nc(C)c(C(=O)Nc3ccc(CCN(C)C)cc3)s2)c(C)c1. The van der Waals surface area contributed by atoms with Crippen molar-refractivity contribution in [2.24, 2.45) is 0 Å². The lowest BCUT2D eigenvalue weighted by Gasteiger charge is -2.10. The van der Waals surface area contributed by atoms with Crippen LogP contribution in [0.2, 0.25) is 0 Å². The second kappa shape index (κ2) is 8.67. The van der Waals surface area contributed by atoms with Crippen molar-refractivity contribution in [1.29, 1.82) is 0 Å². The molecule has 3 aromatic rings. The van der Waals surface area contributed by atoms with Crippen LogP contribution in [0.1, 0.15) is 32.1 Å². The van der Waals surface area contributed by atoms with Gasteiger partial charge < -0.3 is 10.2 Å². The third-order valence-electron chi connectivity index (χ3n) is 4.67. The summed E-state index contributed by atoms with van der Waals surface area (Å²) < 4.78 is 0. The second-order valence-electron chi connectivity index (χ2n) is 7.46. The predicted octanol–water partition coefficient (Wildman–Crippen LogP) is 5.09. The molecule has 1 N–H and O–H groups in total. The molecular weight excluding hydrogens is 366 g/mol. The van der Waals surface area contributed by atoms with Crippen LogP contribution in [0, 0.1) is 20.8 Å². The Kier molecular flexibility index (Phi) is 6.27. The molecule has 28 heavy (non-hydrogen) atoms. The molecular formula is C23H27N3OS. The summed E-state index contributed by atoms with van der Waals surface area (Å²) in [5.74, 6) is -0.105. The molecule has 0 saturated heterocycles. The van der Waals surface area contributed by atoms with Crippen LogP contribution in [-0.2, 0) is 6.42 Å². The Morgan fingerprint density at radius 1 is 1.07 bits per heavy atom. The van der Waals surface area contributed by atoms with Crippen molar-refractivity contribution in [1.82, 2.24) is 9.88 Å². The highest BCUT2D eigenvalue weighted by Gasteiger charge is 2.17. The minimum absolute atomic E-state index is 0.105. The first-order valence-electron chi connectivity index (χ1n) is 9.43. The molecule has 4 nitrogen and oxygen atoms in total. The van der Waals surface area contributed by atoms with Gasteiger partial charge in [0.1, 0.15) is 9.88 Å². The summed E-state index contributed by atoms with van der Waals surface area (Å²) >= 11 is 1.45. The van der Waals surface area contributed by atoms with Gasteiger partial charge in [0, 0.05) is 17.8 Å². The van der Waals surface area contributed by atoms with E-state index in [0.29, 0.717) is 4.88 Å². The van der Waals surface area contributed by atoms with Crippen LogP contribution >= 0.6 is 11.3 Å². The summed E-state index contributed by atoms with van der Waals surface area (Å²) in [6.07, 6.45) is 0.994. The van der Waals surface area contributed by atoms with Crippen LogP contribution in [-0.4, -0.2) is 36.4 Å². The number of carbonyl (C=O) groups excluding carboxylic acids is 1. The number of hydrogen-bond acceptors (Lipinski definition) is 4. The number of aromatic nitrogens is 1. The van der Waals surface area contributed by atoms with Crippen molar-refractivity contribution < 1.29 is 4.79 Å². The third kappa shape index (κ3) is 4.86. The molecule has 146 valence electrons. The van der Waals surface area contributed by atoms with E-state index in [4.69, 9.17) is 0 Å². The van der Waals surface area contributed by atoms with Crippen molar-refractivity contribution in [3.05, 3.63) is 69.7 Å². The molecule has 0 saturated carbocycles. The summed E-state index contributed by atoms with van der Waals surface area (Å²) in [6.45, 7) is 7.06. The monoisotopic (exact) mass is 393 g/mol. The Bertz CT molecular complexity index is 974. The highest BCUT2D eigenvalue weighted by Crippen LogP contribution is 2.31. The summed E-state index contributed by atoms with van der Waals surface area (Å²) in [5.41, 5.74) is 6.32. The molecule has 0 aliphatic heterocycles. The van der Waals surface area contributed by atoms with Gasteiger partial charge in [-0.1, -0.05) is 35.9 Å². The largest absolute Gasteiger partial charge is 0.321 e. The fourth-order valence-electron chi connectivity index (χ4n) is 3.07. The molecule has 0 bridgehead atoms. The summed E-state index contributed by atoms with van der Waals surface area (Å²) in [7, 11) is 4.14. The average molecular weight is 394 g/mol. The number of amides is 1. The smallest absolute Gasteiger partial charge is 0.267 e. The zero-order valence-corrected chi connectivity index (χ0v) is 18.0. The highest BCUT2D eigenvalue weighted by molar-refractivity contribution is 7.17. The summed E-state index contributed by atoms with van der Waals surface area (Å²) in [6, 6.07) is 14.4. The van der Waals surface area contributed by atoms with Gasteiger partial charge in [0.25, 0.3) is 5.91 Å². The lowest BCUT2D eigenvalue weighted by atomic mass is 10.1. The maximum Gasteiger partial charge on any atom is 0.267 e. The Morgan fingerprint density at radius 2 is 1.79 bits per heavy atom. The third-order valence-corrected chi connectivity index (χ3v) is 5.86. The number of rotatable bonds is 6. The minimum Gasteiger partial charge on any atom is -0.321 e.